The number of unbranched alkanes of at least 4 members (excludes halogenated alkanes) is 1. The molecule has 0 aliphatic rings. The van der Waals surface area contributed by atoms with Crippen molar-refractivity contribution in [3.8, 4) is 0 Å². The second-order valence-corrected chi connectivity index (χ2v) is 3.38. The molecule has 0 rings (SSSR count). The normalized spacial score (nSPS) is 13.7. The van der Waals surface area contributed by atoms with E-state index in [9.17, 15) is 0 Å². The zero-order valence-corrected chi connectivity index (χ0v) is 8.98. The van der Waals surface area contributed by atoms with E-state index in [-0.39, 0.29) is 0 Å². The maximum absolute atomic E-state index is 2.26. The molecule has 0 amide bonds. The fourth-order valence-corrected chi connectivity index (χ4v) is 1.17. The Morgan fingerprint density at radius 1 is 1.17 bits per heavy atom. The van der Waals surface area contributed by atoms with Crippen LogP contribution in [-0.2, 0) is 0 Å². The number of allylic oxidation sites excluding steroid dienone is 4. The molecule has 0 atom stereocenters. The van der Waals surface area contributed by atoms with Crippen molar-refractivity contribution in [1.82, 2.24) is 0 Å². The van der Waals surface area contributed by atoms with Crippen molar-refractivity contribution in [2.24, 2.45) is 0 Å². The van der Waals surface area contributed by atoms with E-state index in [2.05, 4.69) is 39.8 Å². The number of hydrogen-bond acceptors (Lipinski definition) is 0. The molecule has 0 N–H and O–H groups in total. The second-order valence-electron chi connectivity index (χ2n) is 3.38. The fraction of sp³-hybridized carbons (Fsp3) is 0.667. The standard InChI is InChI=1S/C12H22/c1-5-7-8-9-10-12(4)11(3)6-2/h5,7H,6,8-10H2,1-4H3/b7-5+,12-11+. The summed E-state index contributed by atoms with van der Waals surface area (Å²) in [7, 11) is 0. The van der Waals surface area contributed by atoms with Crippen LogP contribution in [0.25, 0.3) is 0 Å². The van der Waals surface area contributed by atoms with Gasteiger partial charge < -0.3 is 0 Å². The Balaban J connectivity index is 3.63. The first-order chi connectivity index (χ1) is 5.72. The van der Waals surface area contributed by atoms with Crippen LogP contribution in [0.4, 0.5) is 0 Å². The molecule has 0 fully saturated rings. The van der Waals surface area contributed by atoms with E-state index in [0.717, 1.165) is 0 Å². The molecule has 0 aromatic carbocycles. The molecule has 0 heterocycles. The molecule has 0 aliphatic heterocycles. The van der Waals surface area contributed by atoms with Crippen molar-refractivity contribution in [2.45, 2.75) is 53.4 Å². The molecule has 0 nitrogen and oxygen atoms in total. The molecule has 0 aliphatic carbocycles. The third-order valence-corrected chi connectivity index (χ3v) is 2.42. The number of rotatable bonds is 5. The summed E-state index contributed by atoms with van der Waals surface area (Å²) in [5.74, 6) is 0. The SMILES string of the molecule is C/C=C/CCC/C(C)=C(\C)CC. The molecule has 0 saturated carbocycles. The van der Waals surface area contributed by atoms with Gasteiger partial charge in [-0.2, -0.15) is 0 Å². The van der Waals surface area contributed by atoms with Gasteiger partial charge >= 0.3 is 0 Å². The molecule has 0 unspecified atom stereocenters. The summed E-state index contributed by atoms with van der Waals surface area (Å²) >= 11 is 0. The van der Waals surface area contributed by atoms with E-state index in [0.29, 0.717) is 0 Å². The fourth-order valence-electron chi connectivity index (χ4n) is 1.17. The molecule has 0 spiro atoms. The lowest BCUT2D eigenvalue weighted by molar-refractivity contribution is 0.814. The van der Waals surface area contributed by atoms with Gasteiger partial charge in [-0.1, -0.05) is 30.2 Å². The molecule has 0 heteroatoms. The summed E-state index contributed by atoms with van der Waals surface area (Å²) in [5, 5.41) is 0. The predicted molar refractivity (Wildman–Crippen MR) is 57.3 cm³/mol. The van der Waals surface area contributed by atoms with Gasteiger partial charge in [0.2, 0.25) is 0 Å². The minimum Gasteiger partial charge on any atom is -0.0917 e. The van der Waals surface area contributed by atoms with Gasteiger partial charge in [-0.05, 0) is 46.5 Å². The maximum atomic E-state index is 2.26. The Labute approximate surface area is 77.4 Å². The lowest BCUT2D eigenvalue weighted by atomic mass is 10.0. The van der Waals surface area contributed by atoms with Crippen LogP contribution in [0, 0.1) is 0 Å². The molecule has 70 valence electrons. The first-order valence-electron chi connectivity index (χ1n) is 4.98. The monoisotopic (exact) mass is 166 g/mol. The first-order valence-corrected chi connectivity index (χ1v) is 4.98. The Bertz CT molecular complexity index is 161. The molecular weight excluding hydrogens is 144 g/mol. The lowest BCUT2D eigenvalue weighted by Crippen LogP contribution is -1.83. The molecule has 0 aromatic rings. The summed E-state index contributed by atoms with van der Waals surface area (Å²) in [5.41, 5.74) is 3.15. The predicted octanol–water partition coefficient (Wildman–Crippen LogP) is 4.48. The maximum Gasteiger partial charge on any atom is -0.0318 e. The van der Waals surface area contributed by atoms with Gasteiger partial charge in [0.25, 0.3) is 0 Å². The number of hydrogen-bond donors (Lipinski definition) is 0. The Morgan fingerprint density at radius 2 is 1.83 bits per heavy atom. The Hall–Kier alpha value is -0.520. The van der Waals surface area contributed by atoms with Crippen LogP contribution in [-0.4, -0.2) is 0 Å². The highest BCUT2D eigenvalue weighted by atomic mass is 14.0. The van der Waals surface area contributed by atoms with E-state index in [1.807, 2.05) is 0 Å². The van der Waals surface area contributed by atoms with Crippen LogP contribution in [0.3, 0.4) is 0 Å². The van der Waals surface area contributed by atoms with Crippen molar-refractivity contribution >= 4 is 0 Å². The van der Waals surface area contributed by atoms with E-state index < -0.39 is 0 Å². The van der Waals surface area contributed by atoms with Crippen molar-refractivity contribution in [3.63, 3.8) is 0 Å². The quantitative estimate of drug-likeness (QED) is 0.417. The molecule has 0 bridgehead atoms. The smallest absolute Gasteiger partial charge is 0.0318 e. The zero-order valence-electron chi connectivity index (χ0n) is 8.98. The van der Waals surface area contributed by atoms with Crippen LogP contribution in [0.5, 0.6) is 0 Å². The summed E-state index contributed by atoms with van der Waals surface area (Å²) in [6, 6.07) is 0. The Morgan fingerprint density at radius 3 is 2.33 bits per heavy atom. The van der Waals surface area contributed by atoms with Crippen molar-refractivity contribution < 1.29 is 0 Å². The van der Waals surface area contributed by atoms with Crippen molar-refractivity contribution in [1.29, 1.82) is 0 Å². The highest BCUT2D eigenvalue weighted by molar-refractivity contribution is 5.08. The highest BCUT2D eigenvalue weighted by Gasteiger charge is 1.93. The van der Waals surface area contributed by atoms with Gasteiger partial charge in [0.15, 0.2) is 0 Å². The molecule has 12 heavy (non-hydrogen) atoms. The largest absolute Gasteiger partial charge is 0.0917 e. The second kappa shape index (κ2) is 7.15. The zero-order chi connectivity index (χ0) is 9.40. The van der Waals surface area contributed by atoms with Crippen LogP contribution in [0.2, 0.25) is 0 Å². The van der Waals surface area contributed by atoms with E-state index >= 15 is 0 Å². The topological polar surface area (TPSA) is 0 Å². The van der Waals surface area contributed by atoms with Crippen molar-refractivity contribution in [3.05, 3.63) is 23.3 Å². The van der Waals surface area contributed by atoms with E-state index in [1.165, 1.54) is 25.7 Å². The first kappa shape index (κ1) is 11.5. The lowest BCUT2D eigenvalue weighted by Gasteiger charge is -2.03. The minimum atomic E-state index is 1.20. The van der Waals surface area contributed by atoms with Crippen LogP contribution >= 0.6 is 0 Å². The van der Waals surface area contributed by atoms with Gasteiger partial charge in [-0.25, -0.2) is 0 Å². The van der Waals surface area contributed by atoms with Gasteiger partial charge in [0, 0.05) is 0 Å². The molecule has 0 saturated heterocycles. The van der Waals surface area contributed by atoms with E-state index in [1.54, 1.807) is 11.1 Å². The van der Waals surface area contributed by atoms with Gasteiger partial charge in [-0.15, -0.1) is 0 Å². The summed E-state index contributed by atoms with van der Waals surface area (Å²) in [4.78, 5) is 0. The average Bonchev–Trinajstić information content (AvgIpc) is 2.10. The minimum absolute atomic E-state index is 1.20. The third kappa shape index (κ3) is 5.17. The van der Waals surface area contributed by atoms with Crippen LogP contribution in [0.1, 0.15) is 53.4 Å². The third-order valence-electron chi connectivity index (χ3n) is 2.42. The molecule has 0 radical (unpaired) electrons. The van der Waals surface area contributed by atoms with Crippen LogP contribution in [0.15, 0.2) is 23.3 Å². The van der Waals surface area contributed by atoms with Gasteiger partial charge in [-0.3, -0.25) is 0 Å². The molecular formula is C12H22. The molecule has 0 aromatic heterocycles. The van der Waals surface area contributed by atoms with Crippen molar-refractivity contribution in [2.75, 3.05) is 0 Å². The summed E-state index contributed by atoms with van der Waals surface area (Å²) < 4.78 is 0. The van der Waals surface area contributed by atoms with E-state index in [4.69, 9.17) is 0 Å². The summed E-state index contributed by atoms with van der Waals surface area (Å²) in [6.07, 6.45) is 9.37. The van der Waals surface area contributed by atoms with Gasteiger partial charge in [0.1, 0.15) is 0 Å². The highest BCUT2D eigenvalue weighted by Crippen LogP contribution is 2.14. The van der Waals surface area contributed by atoms with Crippen LogP contribution < -0.4 is 0 Å². The Kier molecular flexibility index (Phi) is 6.84. The van der Waals surface area contributed by atoms with Gasteiger partial charge in [0.05, 0.1) is 0 Å². The average molecular weight is 166 g/mol. The summed E-state index contributed by atoms with van der Waals surface area (Å²) in [6.45, 7) is 8.81.